The summed E-state index contributed by atoms with van der Waals surface area (Å²) in [5, 5.41) is 7.58. The number of para-hydroxylation sites is 1. The van der Waals surface area contributed by atoms with Crippen molar-refractivity contribution in [1.82, 2.24) is 4.98 Å². The number of fused-ring (bicyclic) bond motifs is 2. The monoisotopic (exact) mass is 559 g/mol. The Kier molecular flexibility index (Phi) is 9.51. The highest BCUT2D eigenvalue weighted by molar-refractivity contribution is 6.04. The van der Waals surface area contributed by atoms with Gasteiger partial charge in [0.15, 0.2) is 11.5 Å². The molecule has 5 rings (SSSR count). The van der Waals surface area contributed by atoms with E-state index in [9.17, 15) is 4.79 Å². The van der Waals surface area contributed by atoms with Gasteiger partial charge in [-0.3, -0.25) is 9.78 Å². The van der Waals surface area contributed by atoms with Crippen LogP contribution in [0.2, 0.25) is 0 Å². The van der Waals surface area contributed by atoms with Crippen LogP contribution >= 0.6 is 12.4 Å². The van der Waals surface area contributed by atoms with Gasteiger partial charge in [0.25, 0.3) is 0 Å². The summed E-state index contributed by atoms with van der Waals surface area (Å²) in [5.41, 5.74) is 6.69. The molecule has 1 amide bonds. The molecule has 0 atom stereocenters. The van der Waals surface area contributed by atoms with Crippen molar-refractivity contribution in [2.24, 2.45) is 0 Å². The first-order valence-electron chi connectivity index (χ1n) is 13.2. The van der Waals surface area contributed by atoms with Crippen molar-refractivity contribution in [2.45, 2.75) is 32.6 Å². The van der Waals surface area contributed by atoms with Gasteiger partial charge in [0.05, 0.1) is 32.0 Å². The number of hydrogen-bond donors (Lipinski definition) is 2. The summed E-state index contributed by atoms with van der Waals surface area (Å²) in [5.74, 6) is 1.85. The Morgan fingerprint density at radius 1 is 0.925 bits per heavy atom. The van der Waals surface area contributed by atoms with Gasteiger partial charge in [-0.2, -0.15) is 0 Å². The second kappa shape index (κ2) is 13.2. The van der Waals surface area contributed by atoms with Crippen molar-refractivity contribution in [1.29, 1.82) is 0 Å². The molecule has 0 saturated carbocycles. The number of pyridine rings is 1. The maximum absolute atomic E-state index is 12.8. The standard InChI is InChI=1S/C32H33N3O4.ClH/c1-4-39-28-12-8-5-9-21(28)13-18-31(36)33-22-14-16-27-25(19-22)32(24-10-6-7-11-26(24)35-27)34-23-15-17-29(37-2)30(20-23)38-3;/h5,8-9,12-20H,4,6-7,10-11H2,1-3H3,(H,33,36)(H,34,35);1H. The molecule has 0 saturated heterocycles. The lowest BCUT2D eigenvalue weighted by molar-refractivity contribution is -0.111. The molecule has 2 N–H and O–H groups in total. The summed E-state index contributed by atoms with van der Waals surface area (Å²) >= 11 is 0. The number of halogens is 1. The van der Waals surface area contributed by atoms with E-state index in [0.717, 1.165) is 65.0 Å². The van der Waals surface area contributed by atoms with Crippen LogP contribution in [-0.2, 0) is 17.6 Å². The summed E-state index contributed by atoms with van der Waals surface area (Å²) in [6.45, 7) is 2.50. The lowest BCUT2D eigenvalue weighted by Gasteiger charge is -2.22. The zero-order chi connectivity index (χ0) is 27.2. The van der Waals surface area contributed by atoms with Gasteiger partial charge in [-0.1, -0.05) is 18.2 Å². The zero-order valence-electron chi connectivity index (χ0n) is 23.0. The third kappa shape index (κ3) is 6.32. The van der Waals surface area contributed by atoms with Crippen LogP contribution < -0.4 is 24.8 Å². The molecule has 1 aliphatic carbocycles. The minimum absolute atomic E-state index is 0. The molecule has 7 nitrogen and oxygen atoms in total. The predicted molar refractivity (Wildman–Crippen MR) is 164 cm³/mol. The fourth-order valence-corrected chi connectivity index (χ4v) is 4.96. The molecule has 0 spiro atoms. The molecule has 0 radical (unpaired) electrons. The molecule has 0 fully saturated rings. The van der Waals surface area contributed by atoms with Crippen LogP contribution in [0.25, 0.3) is 17.0 Å². The Labute approximate surface area is 241 Å². The largest absolute Gasteiger partial charge is 0.493 e. The van der Waals surface area contributed by atoms with Gasteiger partial charge < -0.3 is 24.8 Å². The van der Waals surface area contributed by atoms with Crippen LogP contribution in [0.15, 0.2) is 66.7 Å². The molecule has 0 aliphatic heterocycles. The summed E-state index contributed by atoms with van der Waals surface area (Å²) < 4.78 is 16.6. The third-order valence-corrected chi connectivity index (χ3v) is 6.82. The molecule has 1 aliphatic rings. The van der Waals surface area contributed by atoms with Crippen LogP contribution in [0.4, 0.5) is 17.1 Å². The Morgan fingerprint density at radius 3 is 2.50 bits per heavy atom. The highest BCUT2D eigenvalue weighted by atomic mass is 35.5. The first kappa shape index (κ1) is 28.8. The van der Waals surface area contributed by atoms with Crippen molar-refractivity contribution in [3.05, 3.63) is 83.6 Å². The van der Waals surface area contributed by atoms with Crippen molar-refractivity contribution in [2.75, 3.05) is 31.5 Å². The van der Waals surface area contributed by atoms with E-state index in [0.29, 0.717) is 23.8 Å². The first-order valence-corrected chi connectivity index (χ1v) is 13.2. The molecule has 3 aromatic carbocycles. The highest BCUT2D eigenvalue weighted by Gasteiger charge is 2.19. The first-order chi connectivity index (χ1) is 19.1. The van der Waals surface area contributed by atoms with Gasteiger partial charge >= 0.3 is 0 Å². The van der Waals surface area contributed by atoms with E-state index < -0.39 is 0 Å². The fourth-order valence-electron chi connectivity index (χ4n) is 4.96. The Hall–Kier alpha value is -4.23. The number of methoxy groups -OCH3 is 2. The van der Waals surface area contributed by atoms with E-state index in [1.54, 1.807) is 20.3 Å². The number of amides is 1. The van der Waals surface area contributed by atoms with Crippen molar-refractivity contribution < 1.29 is 19.0 Å². The number of nitrogens with zero attached hydrogens (tertiary/aromatic N) is 1. The van der Waals surface area contributed by atoms with Crippen LogP contribution in [0, 0.1) is 0 Å². The summed E-state index contributed by atoms with van der Waals surface area (Å²) in [6, 6.07) is 19.3. The van der Waals surface area contributed by atoms with Crippen molar-refractivity contribution in [3.8, 4) is 17.2 Å². The highest BCUT2D eigenvalue weighted by Crippen LogP contribution is 2.38. The van der Waals surface area contributed by atoms with Gasteiger partial charge in [0.2, 0.25) is 5.91 Å². The quantitative estimate of drug-likeness (QED) is 0.209. The maximum atomic E-state index is 12.8. The molecule has 8 heteroatoms. The Balaban J connectivity index is 0.00000370. The van der Waals surface area contributed by atoms with Gasteiger partial charge in [-0.05, 0) is 80.6 Å². The molecular weight excluding hydrogens is 526 g/mol. The van der Waals surface area contributed by atoms with Gasteiger partial charge in [0.1, 0.15) is 5.75 Å². The van der Waals surface area contributed by atoms with Crippen LogP contribution in [-0.4, -0.2) is 31.7 Å². The SMILES string of the molecule is CCOc1ccccc1C=CC(=O)Nc1ccc2nc3c(c(Nc4ccc(OC)c(OC)c4)c2c1)CCCC3.Cl. The second-order valence-electron chi connectivity index (χ2n) is 9.34. The molecule has 1 heterocycles. The van der Waals surface area contributed by atoms with E-state index in [1.165, 1.54) is 11.6 Å². The molecule has 208 valence electrons. The second-order valence-corrected chi connectivity index (χ2v) is 9.34. The van der Waals surface area contributed by atoms with E-state index in [1.807, 2.05) is 67.6 Å². The minimum Gasteiger partial charge on any atom is -0.493 e. The normalized spacial score (nSPS) is 12.4. The zero-order valence-corrected chi connectivity index (χ0v) is 23.8. The number of hydrogen-bond acceptors (Lipinski definition) is 6. The molecule has 4 aromatic rings. The van der Waals surface area contributed by atoms with E-state index in [4.69, 9.17) is 19.2 Å². The Bertz CT molecular complexity index is 1540. The number of aromatic nitrogens is 1. The fraction of sp³-hybridized carbons (Fsp3) is 0.250. The smallest absolute Gasteiger partial charge is 0.248 e. The molecule has 40 heavy (non-hydrogen) atoms. The lowest BCUT2D eigenvalue weighted by Crippen LogP contribution is -2.11. The number of nitrogens with one attached hydrogen (secondary N) is 2. The molecular formula is C32H34ClN3O4. The topological polar surface area (TPSA) is 81.7 Å². The van der Waals surface area contributed by atoms with Gasteiger partial charge in [-0.15, -0.1) is 12.4 Å². The number of benzene rings is 3. The number of carbonyl (C=O) groups is 1. The maximum Gasteiger partial charge on any atom is 0.248 e. The third-order valence-electron chi connectivity index (χ3n) is 6.82. The van der Waals surface area contributed by atoms with Gasteiger partial charge in [0, 0.05) is 40.2 Å². The summed E-state index contributed by atoms with van der Waals surface area (Å²) in [7, 11) is 3.25. The number of ether oxygens (including phenoxy) is 3. The molecule has 0 bridgehead atoms. The number of rotatable bonds is 9. The lowest BCUT2D eigenvalue weighted by atomic mass is 9.92. The average molecular weight is 560 g/mol. The number of carbonyl (C=O) groups excluding carboxylic acids is 1. The van der Waals surface area contributed by atoms with Crippen LogP contribution in [0.3, 0.4) is 0 Å². The van der Waals surface area contributed by atoms with Crippen LogP contribution in [0.5, 0.6) is 17.2 Å². The van der Waals surface area contributed by atoms with Crippen LogP contribution in [0.1, 0.15) is 36.6 Å². The minimum atomic E-state index is -0.221. The van der Waals surface area contributed by atoms with E-state index >= 15 is 0 Å². The van der Waals surface area contributed by atoms with Crippen molar-refractivity contribution in [3.63, 3.8) is 0 Å². The van der Waals surface area contributed by atoms with E-state index in [2.05, 4.69) is 10.6 Å². The average Bonchev–Trinajstić information content (AvgIpc) is 2.97. The Morgan fingerprint density at radius 2 is 1.70 bits per heavy atom. The van der Waals surface area contributed by atoms with Gasteiger partial charge in [-0.25, -0.2) is 0 Å². The summed E-state index contributed by atoms with van der Waals surface area (Å²) in [6.07, 6.45) is 7.45. The molecule has 0 unspecified atom stereocenters. The predicted octanol–water partition coefficient (Wildman–Crippen LogP) is 7.35. The van der Waals surface area contributed by atoms with E-state index in [-0.39, 0.29) is 18.3 Å². The molecule has 1 aromatic heterocycles. The summed E-state index contributed by atoms with van der Waals surface area (Å²) in [4.78, 5) is 17.8. The van der Waals surface area contributed by atoms with Crippen molar-refractivity contribution >= 4 is 52.4 Å². The number of aryl methyl sites for hydroxylation is 1. The number of anilines is 3.